The third-order valence-corrected chi connectivity index (χ3v) is 6.48. The van der Waals surface area contributed by atoms with E-state index in [1.165, 1.54) is 17.0 Å². The Balaban J connectivity index is 1.39. The fourth-order valence-corrected chi connectivity index (χ4v) is 4.52. The number of nitrogens with zero attached hydrogens (tertiary/aromatic N) is 3. The maximum atomic E-state index is 13.2. The van der Waals surface area contributed by atoms with Gasteiger partial charge in [-0.25, -0.2) is 4.39 Å². The van der Waals surface area contributed by atoms with E-state index in [4.69, 9.17) is 4.74 Å². The molecule has 34 heavy (non-hydrogen) atoms. The van der Waals surface area contributed by atoms with E-state index in [-0.39, 0.29) is 36.2 Å². The Labute approximate surface area is 199 Å². The molecule has 2 aromatic carbocycles. The molecule has 0 radical (unpaired) electrons. The van der Waals surface area contributed by atoms with Crippen LogP contribution >= 0.6 is 0 Å². The Morgan fingerprint density at radius 2 is 1.59 bits per heavy atom. The predicted octanol–water partition coefficient (Wildman–Crippen LogP) is 2.80. The molecule has 0 saturated carbocycles. The van der Waals surface area contributed by atoms with Crippen LogP contribution in [0.25, 0.3) is 11.1 Å². The predicted molar refractivity (Wildman–Crippen MR) is 126 cm³/mol. The summed E-state index contributed by atoms with van der Waals surface area (Å²) in [6.07, 6.45) is 1.92. The number of halogens is 1. The third-order valence-electron chi connectivity index (χ3n) is 6.48. The van der Waals surface area contributed by atoms with E-state index in [2.05, 4.69) is 0 Å². The van der Waals surface area contributed by atoms with E-state index >= 15 is 0 Å². The highest BCUT2D eigenvalue weighted by atomic mass is 19.1. The van der Waals surface area contributed by atoms with Crippen molar-refractivity contribution in [3.8, 4) is 11.1 Å². The van der Waals surface area contributed by atoms with Gasteiger partial charge in [-0.2, -0.15) is 0 Å². The number of hydrogen-bond donors (Lipinski definition) is 0. The highest BCUT2D eigenvalue weighted by Crippen LogP contribution is 2.21. The van der Waals surface area contributed by atoms with E-state index < -0.39 is 0 Å². The standard InChI is InChI=1S/C26H30FN3O4/c1-34-23-16-29(15-3-14-28-13-2-4-24(28)31)25(32)18-30(17-23)26(33)21-7-5-19(6-8-21)20-9-11-22(27)12-10-20/h5-12,23H,2-4,13-18H2,1H3/t23-/m0/s1. The molecular formula is C26H30FN3O4. The first kappa shape index (κ1) is 23.9. The lowest BCUT2D eigenvalue weighted by atomic mass is 10.0. The summed E-state index contributed by atoms with van der Waals surface area (Å²) < 4.78 is 18.7. The lowest BCUT2D eigenvalue weighted by Gasteiger charge is -2.24. The molecule has 2 aromatic rings. The van der Waals surface area contributed by atoms with Gasteiger partial charge in [0, 0.05) is 51.8 Å². The quantitative estimate of drug-likeness (QED) is 0.628. The molecule has 2 heterocycles. The maximum Gasteiger partial charge on any atom is 0.254 e. The molecule has 0 aromatic heterocycles. The summed E-state index contributed by atoms with van der Waals surface area (Å²) in [7, 11) is 1.59. The fourth-order valence-electron chi connectivity index (χ4n) is 4.52. The van der Waals surface area contributed by atoms with Crippen LogP contribution in [-0.4, -0.2) is 84.9 Å². The van der Waals surface area contributed by atoms with Crippen molar-refractivity contribution in [2.45, 2.75) is 25.4 Å². The Hall–Kier alpha value is -3.26. The minimum absolute atomic E-state index is 0.0128. The zero-order chi connectivity index (χ0) is 24.1. The number of benzene rings is 2. The second-order valence-electron chi connectivity index (χ2n) is 8.81. The Morgan fingerprint density at radius 3 is 2.21 bits per heavy atom. The molecule has 0 bridgehead atoms. The molecule has 180 valence electrons. The molecule has 0 N–H and O–H groups in total. The highest BCUT2D eigenvalue weighted by molar-refractivity contribution is 5.97. The number of amides is 3. The monoisotopic (exact) mass is 467 g/mol. The van der Waals surface area contributed by atoms with Crippen LogP contribution in [0.4, 0.5) is 4.39 Å². The van der Waals surface area contributed by atoms with Gasteiger partial charge in [-0.1, -0.05) is 24.3 Å². The van der Waals surface area contributed by atoms with Crippen molar-refractivity contribution < 1.29 is 23.5 Å². The normalized spacial score (nSPS) is 19.0. The van der Waals surface area contributed by atoms with Gasteiger partial charge in [0.15, 0.2) is 0 Å². The van der Waals surface area contributed by atoms with Gasteiger partial charge in [-0.15, -0.1) is 0 Å². The maximum absolute atomic E-state index is 13.2. The summed E-state index contributed by atoms with van der Waals surface area (Å²) in [6.45, 7) is 2.68. The largest absolute Gasteiger partial charge is 0.378 e. The van der Waals surface area contributed by atoms with Gasteiger partial charge in [0.2, 0.25) is 11.8 Å². The second-order valence-corrected chi connectivity index (χ2v) is 8.81. The molecule has 2 aliphatic rings. The van der Waals surface area contributed by atoms with Gasteiger partial charge in [0.05, 0.1) is 6.10 Å². The molecule has 7 nitrogen and oxygen atoms in total. The zero-order valence-corrected chi connectivity index (χ0v) is 19.4. The zero-order valence-electron chi connectivity index (χ0n) is 19.4. The summed E-state index contributed by atoms with van der Waals surface area (Å²) in [6, 6.07) is 13.3. The lowest BCUT2D eigenvalue weighted by molar-refractivity contribution is -0.131. The summed E-state index contributed by atoms with van der Waals surface area (Å²) in [5.41, 5.74) is 2.21. The van der Waals surface area contributed by atoms with Crippen LogP contribution in [-0.2, 0) is 14.3 Å². The van der Waals surface area contributed by atoms with Crippen molar-refractivity contribution in [3.05, 3.63) is 59.9 Å². The minimum Gasteiger partial charge on any atom is -0.378 e. The van der Waals surface area contributed by atoms with Crippen LogP contribution in [0, 0.1) is 5.82 Å². The molecule has 1 atom stereocenters. The van der Waals surface area contributed by atoms with Crippen LogP contribution in [0.5, 0.6) is 0 Å². The van der Waals surface area contributed by atoms with Gasteiger partial charge in [0.1, 0.15) is 12.4 Å². The van der Waals surface area contributed by atoms with Crippen molar-refractivity contribution in [1.29, 1.82) is 0 Å². The van der Waals surface area contributed by atoms with Crippen LogP contribution in [0.1, 0.15) is 29.6 Å². The third kappa shape index (κ3) is 5.62. The van der Waals surface area contributed by atoms with Crippen molar-refractivity contribution in [1.82, 2.24) is 14.7 Å². The SMILES string of the molecule is CO[C@H]1CN(CCCN2CCCC2=O)C(=O)CN(C(=O)c2ccc(-c3ccc(F)cc3)cc2)C1. The highest BCUT2D eigenvalue weighted by Gasteiger charge is 2.31. The number of rotatable bonds is 7. The smallest absolute Gasteiger partial charge is 0.254 e. The van der Waals surface area contributed by atoms with Crippen LogP contribution in [0.2, 0.25) is 0 Å². The summed E-state index contributed by atoms with van der Waals surface area (Å²) in [5.74, 6) is -0.471. The van der Waals surface area contributed by atoms with Gasteiger partial charge >= 0.3 is 0 Å². The van der Waals surface area contributed by atoms with Crippen molar-refractivity contribution in [2.24, 2.45) is 0 Å². The van der Waals surface area contributed by atoms with Crippen molar-refractivity contribution >= 4 is 17.7 Å². The molecule has 0 unspecified atom stereocenters. The van der Waals surface area contributed by atoms with E-state index in [1.54, 1.807) is 36.3 Å². The van der Waals surface area contributed by atoms with Crippen molar-refractivity contribution in [2.75, 3.05) is 46.4 Å². The lowest BCUT2D eigenvalue weighted by Crippen LogP contribution is -2.40. The molecule has 2 saturated heterocycles. The molecule has 3 amide bonds. The first-order chi connectivity index (χ1) is 16.4. The first-order valence-corrected chi connectivity index (χ1v) is 11.7. The van der Waals surface area contributed by atoms with Crippen LogP contribution in [0.15, 0.2) is 48.5 Å². The first-order valence-electron chi connectivity index (χ1n) is 11.7. The number of likely N-dealkylation sites (tertiary alicyclic amines) is 1. The van der Waals surface area contributed by atoms with Crippen LogP contribution < -0.4 is 0 Å². The molecule has 2 fully saturated rings. The molecule has 2 aliphatic heterocycles. The van der Waals surface area contributed by atoms with Gasteiger partial charge in [-0.3, -0.25) is 14.4 Å². The number of carbonyl (C=O) groups excluding carboxylic acids is 3. The van der Waals surface area contributed by atoms with E-state index in [9.17, 15) is 18.8 Å². The van der Waals surface area contributed by atoms with Gasteiger partial charge < -0.3 is 19.4 Å². The Bertz CT molecular complexity index is 1030. The Morgan fingerprint density at radius 1 is 0.941 bits per heavy atom. The number of ether oxygens (including phenoxy) is 1. The fraction of sp³-hybridized carbons (Fsp3) is 0.423. The van der Waals surface area contributed by atoms with E-state index in [0.717, 1.165) is 24.1 Å². The molecule has 4 rings (SSSR count). The summed E-state index contributed by atoms with van der Waals surface area (Å²) >= 11 is 0. The van der Waals surface area contributed by atoms with Gasteiger partial charge in [0.25, 0.3) is 5.91 Å². The molecule has 0 aliphatic carbocycles. The number of hydrogen-bond acceptors (Lipinski definition) is 4. The number of methoxy groups -OCH3 is 1. The molecule has 0 spiro atoms. The molecular weight excluding hydrogens is 437 g/mol. The number of carbonyl (C=O) groups is 3. The Kier molecular flexibility index (Phi) is 7.57. The average molecular weight is 468 g/mol. The van der Waals surface area contributed by atoms with Crippen LogP contribution in [0.3, 0.4) is 0 Å². The summed E-state index contributed by atoms with van der Waals surface area (Å²) in [5, 5.41) is 0. The topological polar surface area (TPSA) is 70.2 Å². The summed E-state index contributed by atoms with van der Waals surface area (Å²) in [4.78, 5) is 43.1. The average Bonchev–Trinajstić information content (AvgIpc) is 3.18. The van der Waals surface area contributed by atoms with Crippen molar-refractivity contribution in [3.63, 3.8) is 0 Å². The van der Waals surface area contributed by atoms with E-state index in [0.29, 0.717) is 44.6 Å². The molecule has 8 heteroatoms. The minimum atomic E-state index is -0.298. The van der Waals surface area contributed by atoms with E-state index in [1.807, 2.05) is 17.0 Å². The van der Waals surface area contributed by atoms with Gasteiger partial charge in [-0.05, 0) is 48.2 Å². The second kappa shape index (κ2) is 10.8.